The first-order valence-corrected chi connectivity index (χ1v) is 11.9. The molecule has 2 aliphatic carbocycles. The molecule has 3 aliphatic rings. The lowest BCUT2D eigenvalue weighted by Gasteiger charge is -2.37. The number of aryl methyl sites for hydroxylation is 1. The average Bonchev–Trinajstić information content (AvgIpc) is 3.41. The highest BCUT2D eigenvalue weighted by atomic mass is 32.1. The summed E-state index contributed by atoms with van der Waals surface area (Å²) in [5.74, 6) is 0.349. The molecular formula is C21H25F2N7OS. The van der Waals surface area contributed by atoms with Crippen molar-refractivity contribution in [2.75, 3.05) is 29.9 Å². The van der Waals surface area contributed by atoms with Gasteiger partial charge in [-0.15, -0.1) is 5.10 Å². The van der Waals surface area contributed by atoms with E-state index >= 15 is 0 Å². The smallest absolute Gasteiger partial charge is 0.248 e. The van der Waals surface area contributed by atoms with Crippen molar-refractivity contribution in [1.29, 1.82) is 0 Å². The highest BCUT2D eigenvalue weighted by Gasteiger charge is 2.45. The van der Waals surface area contributed by atoms with E-state index in [1.165, 1.54) is 24.4 Å². The van der Waals surface area contributed by atoms with Crippen molar-refractivity contribution in [3.63, 3.8) is 0 Å². The fourth-order valence-electron chi connectivity index (χ4n) is 5.34. The van der Waals surface area contributed by atoms with Gasteiger partial charge in [-0.3, -0.25) is 0 Å². The summed E-state index contributed by atoms with van der Waals surface area (Å²) in [7, 11) is 0. The number of alkyl halides is 2. The van der Waals surface area contributed by atoms with Gasteiger partial charge in [-0.05, 0) is 43.7 Å². The molecule has 170 valence electrons. The molecule has 11 heteroatoms. The van der Waals surface area contributed by atoms with Gasteiger partial charge in [-0.1, -0.05) is 0 Å². The Morgan fingerprint density at radius 1 is 1.22 bits per heavy atom. The SMILES string of the molecule is Cc1nsc(N2C[C@H]3CC[C@@H](C2)C3Nc2nc3c(OCC4CC(F)(F)C4)cccn3n2)n1. The fraction of sp³-hybridized carbons (Fsp3) is 0.619. The van der Waals surface area contributed by atoms with Crippen LogP contribution in [0.15, 0.2) is 18.3 Å². The van der Waals surface area contributed by atoms with Gasteiger partial charge in [0.2, 0.25) is 17.0 Å². The maximum Gasteiger partial charge on any atom is 0.248 e. The predicted molar refractivity (Wildman–Crippen MR) is 117 cm³/mol. The monoisotopic (exact) mass is 461 g/mol. The molecule has 2 saturated carbocycles. The summed E-state index contributed by atoms with van der Waals surface area (Å²) in [6.07, 6.45) is 3.96. The minimum Gasteiger partial charge on any atom is -0.489 e. The van der Waals surface area contributed by atoms with E-state index in [4.69, 9.17) is 4.74 Å². The van der Waals surface area contributed by atoms with Gasteiger partial charge >= 0.3 is 0 Å². The molecule has 4 heterocycles. The van der Waals surface area contributed by atoms with E-state index in [0.29, 0.717) is 35.2 Å². The van der Waals surface area contributed by atoms with Crippen LogP contribution in [0.5, 0.6) is 5.75 Å². The van der Waals surface area contributed by atoms with E-state index in [1.54, 1.807) is 4.52 Å². The first-order chi connectivity index (χ1) is 15.4. The number of hydrogen-bond acceptors (Lipinski definition) is 8. The van der Waals surface area contributed by atoms with Crippen molar-refractivity contribution >= 4 is 28.3 Å². The van der Waals surface area contributed by atoms with Crippen LogP contribution in [-0.4, -0.2) is 55.6 Å². The number of fused-ring (bicyclic) bond motifs is 3. The number of aromatic nitrogens is 5. The maximum atomic E-state index is 13.1. The lowest BCUT2D eigenvalue weighted by Crippen LogP contribution is -2.48. The first kappa shape index (κ1) is 20.1. The second-order valence-electron chi connectivity index (χ2n) is 9.31. The number of anilines is 2. The summed E-state index contributed by atoms with van der Waals surface area (Å²) in [5.41, 5.74) is 0.607. The Morgan fingerprint density at radius 3 is 2.69 bits per heavy atom. The molecular weight excluding hydrogens is 436 g/mol. The molecule has 8 nitrogen and oxygen atoms in total. The Morgan fingerprint density at radius 2 is 2.00 bits per heavy atom. The van der Waals surface area contributed by atoms with Gasteiger partial charge in [0.1, 0.15) is 5.82 Å². The van der Waals surface area contributed by atoms with Crippen LogP contribution in [-0.2, 0) is 0 Å². The molecule has 1 aliphatic heterocycles. The maximum absolute atomic E-state index is 13.1. The Labute approximate surface area is 188 Å². The van der Waals surface area contributed by atoms with Crippen molar-refractivity contribution in [1.82, 2.24) is 24.0 Å². The van der Waals surface area contributed by atoms with Gasteiger partial charge in [0.25, 0.3) is 0 Å². The largest absolute Gasteiger partial charge is 0.489 e. The Kier molecular flexibility index (Phi) is 4.70. The second kappa shape index (κ2) is 7.50. The van der Waals surface area contributed by atoms with E-state index in [2.05, 4.69) is 29.7 Å². The van der Waals surface area contributed by atoms with Crippen LogP contribution in [0.2, 0.25) is 0 Å². The Hall–Kier alpha value is -2.56. The number of rotatable bonds is 6. The molecule has 32 heavy (non-hydrogen) atoms. The third-order valence-corrected chi connectivity index (χ3v) is 7.76. The normalized spacial score (nSPS) is 27.0. The lowest BCUT2D eigenvalue weighted by molar-refractivity contribution is -0.119. The van der Waals surface area contributed by atoms with Gasteiger partial charge in [0.15, 0.2) is 11.4 Å². The number of nitrogens with zero attached hydrogens (tertiary/aromatic N) is 6. The number of halogens is 2. The lowest BCUT2D eigenvalue weighted by atomic mass is 9.82. The van der Waals surface area contributed by atoms with Crippen molar-refractivity contribution in [2.45, 2.75) is 44.6 Å². The molecule has 0 spiro atoms. The molecule has 0 amide bonds. The summed E-state index contributed by atoms with van der Waals surface area (Å²) in [6.45, 7) is 4.11. The minimum atomic E-state index is -2.53. The molecule has 1 N–H and O–H groups in total. The van der Waals surface area contributed by atoms with Crippen molar-refractivity contribution in [3.05, 3.63) is 24.2 Å². The zero-order chi connectivity index (χ0) is 21.9. The number of pyridine rings is 1. The summed E-state index contributed by atoms with van der Waals surface area (Å²) in [5, 5.41) is 9.18. The first-order valence-electron chi connectivity index (χ1n) is 11.1. The molecule has 0 radical (unpaired) electrons. The number of hydrogen-bond donors (Lipinski definition) is 1. The van der Waals surface area contributed by atoms with Gasteiger partial charge in [-0.2, -0.15) is 9.36 Å². The van der Waals surface area contributed by atoms with Crippen molar-refractivity contribution in [3.8, 4) is 5.75 Å². The second-order valence-corrected chi connectivity index (χ2v) is 10.0. The summed E-state index contributed by atoms with van der Waals surface area (Å²) in [6, 6.07) is 3.97. The Balaban J connectivity index is 1.14. The van der Waals surface area contributed by atoms with Gasteiger partial charge < -0.3 is 15.0 Å². The van der Waals surface area contributed by atoms with Crippen LogP contribution in [0.3, 0.4) is 0 Å². The van der Waals surface area contributed by atoms with Crippen LogP contribution in [0, 0.1) is 24.7 Å². The van der Waals surface area contributed by atoms with Gasteiger partial charge in [0.05, 0.1) is 6.61 Å². The predicted octanol–water partition coefficient (Wildman–Crippen LogP) is 3.64. The van der Waals surface area contributed by atoms with Crippen molar-refractivity contribution in [2.24, 2.45) is 17.8 Å². The van der Waals surface area contributed by atoms with Gasteiger partial charge in [-0.25, -0.2) is 18.3 Å². The molecule has 3 fully saturated rings. The molecule has 3 aromatic rings. The zero-order valence-electron chi connectivity index (χ0n) is 17.7. The molecule has 1 unspecified atom stereocenters. The molecule has 3 atom stereocenters. The third-order valence-electron chi connectivity index (χ3n) is 6.89. The summed E-state index contributed by atoms with van der Waals surface area (Å²) in [4.78, 5) is 11.6. The summed E-state index contributed by atoms with van der Waals surface area (Å²) >= 11 is 1.47. The van der Waals surface area contributed by atoms with E-state index in [1.807, 2.05) is 25.3 Å². The summed E-state index contributed by atoms with van der Waals surface area (Å²) < 4.78 is 38.0. The van der Waals surface area contributed by atoms with E-state index in [9.17, 15) is 8.78 Å². The standard InChI is InChI=1S/C21H25F2N7OS/c1-12-24-20(32-28-12)29-9-14-4-5-15(10-29)17(14)25-19-26-18-16(3-2-6-30(18)27-19)31-11-13-7-21(22,23)8-13/h2-3,6,13-15,17H,4-5,7-11H2,1H3,(H,25,27)/t14-,15+,17?. The van der Waals surface area contributed by atoms with Crippen LogP contribution >= 0.6 is 11.5 Å². The quantitative estimate of drug-likeness (QED) is 0.600. The topological polar surface area (TPSA) is 80.5 Å². The van der Waals surface area contributed by atoms with Crippen LogP contribution < -0.4 is 15.0 Å². The van der Waals surface area contributed by atoms with E-state index in [-0.39, 0.29) is 25.4 Å². The average molecular weight is 462 g/mol. The molecule has 3 aromatic heterocycles. The van der Waals surface area contributed by atoms with E-state index in [0.717, 1.165) is 24.0 Å². The fourth-order valence-corrected chi connectivity index (χ4v) is 6.04. The minimum absolute atomic E-state index is 0.103. The molecule has 2 bridgehead atoms. The van der Waals surface area contributed by atoms with Gasteiger partial charge in [0, 0.05) is 55.6 Å². The zero-order valence-corrected chi connectivity index (χ0v) is 18.6. The number of ether oxygens (including phenoxy) is 1. The highest BCUT2D eigenvalue weighted by Crippen LogP contribution is 2.43. The number of piperidine rings is 1. The van der Waals surface area contributed by atoms with E-state index < -0.39 is 5.92 Å². The molecule has 6 rings (SSSR count). The molecule has 0 aromatic carbocycles. The number of nitrogens with one attached hydrogen (secondary N) is 1. The van der Waals surface area contributed by atoms with Crippen LogP contribution in [0.25, 0.3) is 5.65 Å². The van der Waals surface area contributed by atoms with Crippen molar-refractivity contribution < 1.29 is 13.5 Å². The van der Waals surface area contributed by atoms with Crippen LogP contribution in [0.4, 0.5) is 19.9 Å². The third kappa shape index (κ3) is 3.66. The highest BCUT2D eigenvalue weighted by molar-refractivity contribution is 7.09. The Bertz CT molecular complexity index is 1110. The van der Waals surface area contributed by atoms with Crippen LogP contribution in [0.1, 0.15) is 31.5 Å². The molecule has 1 saturated heterocycles.